The van der Waals surface area contributed by atoms with E-state index in [0.29, 0.717) is 12.1 Å². The van der Waals surface area contributed by atoms with Crippen molar-refractivity contribution >= 4 is 15.7 Å². The second-order valence-corrected chi connectivity index (χ2v) is 6.52. The molecule has 118 valence electrons. The highest BCUT2D eigenvalue weighted by molar-refractivity contribution is 7.92. The third-order valence-corrected chi connectivity index (χ3v) is 4.69. The zero-order valence-electron chi connectivity index (χ0n) is 12.5. The van der Waals surface area contributed by atoms with Crippen molar-refractivity contribution in [2.45, 2.75) is 18.2 Å². The van der Waals surface area contributed by atoms with Crippen molar-refractivity contribution in [3.8, 4) is 0 Å². The van der Waals surface area contributed by atoms with Gasteiger partial charge < -0.3 is 4.57 Å². The van der Waals surface area contributed by atoms with Gasteiger partial charge in [-0.25, -0.2) is 13.2 Å². The number of benzene rings is 1. The summed E-state index contributed by atoms with van der Waals surface area (Å²) in [6.45, 7) is 1.90. The fourth-order valence-corrected chi connectivity index (χ4v) is 3.35. The van der Waals surface area contributed by atoms with E-state index >= 15 is 0 Å². The van der Waals surface area contributed by atoms with Crippen LogP contribution in [0.4, 0.5) is 5.69 Å². The molecular weight excluding hydrogens is 306 g/mol. The van der Waals surface area contributed by atoms with Gasteiger partial charge >= 0.3 is 5.69 Å². The number of sulfonamides is 1. The summed E-state index contributed by atoms with van der Waals surface area (Å²) in [5.74, 6) is 0. The Balaban J connectivity index is 2.57. The van der Waals surface area contributed by atoms with Crippen molar-refractivity contribution in [3.63, 3.8) is 0 Å². The Bertz CT molecular complexity index is 926. The summed E-state index contributed by atoms with van der Waals surface area (Å²) in [4.78, 5) is 23.2. The van der Waals surface area contributed by atoms with Crippen LogP contribution in [0.5, 0.6) is 0 Å². The minimum absolute atomic E-state index is 0.418. The zero-order chi connectivity index (χ0) is 16.5. The van der Waals surface area contributed by atoms with Crippen molar-refractivity contribution in [2.24, 2.45) is 14.1 Å². The van der Waals surface area contributed by atoms with E-state index in [-0.39, 0.29) is 0 Å². The van der Waals surface area contributed by atoms with Gasteiger partial charge in [0, 0.05) is 20.3 Å². The van der Waals surface area contributed by atoms with E-state index < -0.39 is 26.2 Å². The maximum Gasteiger partial charge on any atom is 0.330 e. The van der Waals surface area contributed by atoms with Crippen LogP contribution in [0.3, 0.4) is 0 Å². The molecular formula is C14H17N3O4S. The molecule has 0 saturated carbocycles. The molecule has 0 aliphatic carbocycles. The van der Waals surface area contributed by atoms with Crippen molar-refractivity contribution in [3.05, 3.63) is 56.9 Å². The molecule has 2 rings (SSSR count). The first-order chi connectivity index (χ1) is 10.3. The average Bonchev–Trinajstić information content (AvgIpc) is 2.48. The zero-order valence-corrected chi connectivity index (χ0v) is 13.3. The monoisotopic (exact) mass is 323 g/mol. The lowest BCUT2D eigenvalue weighted by molar-refractivity contribution is 0.589. The minimum Gasteiger partial charge on any atom is -0.302 e. The van der Waals surface area contributed by atoms with Crippen molar-refractivity contribution < 1.29 is 8.42 Å². The maximum atomic E-state index is 12.5. The van der Waals surface area contributed by atoms with Crippen molar-refractivity contribution in [1.29, 1.82) is 0 Å². The molecule has 0 spiro atoms. The molecule has 0 unspecified atom stereocenters. The quantitative estimate of drug-likeness (QED) is 0.884. The maximum absolute atomic E-state index is 12.5. The van der Waals surface area contributed by atoms with E-state index in [0.717, 1.165) is 20.9 Å². The summed E-state index contributed by atoms with van der Waals surface area (Å²) >= 11 is 0. The number of rotatable bonds is 4. The molecule has 0 fully saturated rings. The molecule has 1 aromatic heterocycles. The fraction of sp³-hybridized carbons (Fsp3) is 0.286. The van der Waals surface area contributed by atoms with Crippen LogP contribution in [-0.2, 0) is 30.5 Å². The van der Waals surface area contributed by atoms with Crippen LogP contribution in [0.1, 0.15) is 12.5 Å². The Kier molecular flexibility index (Phi) is 4.23. The smallest absolute Gasteiger partial charge is 0.302 e. The summed E-state index contributed by atoms with van der Waals surface area (Å²) in [6, 6.07) is 6.94. The van der Waals surface area contributed by atoms with E-state index in [9.17, 15) is 18.0 Å². The van der Waals surface area contributed by atoms with E-state index in [1.165, 1.54) is 14.1 Å². The summed E-state index contributed by atoms with van der Waals surface area (Å²) in [5.41, 5.74) is -0.212. The van der Waals surface area contributed by atoms with Crippen LogP contribution in [0.2, 0.25) is 0 Å². The lowest BCUT2D eigenvalue weighted by atomic mass is 10.1. The Morgan fingerprint density at radius 3 is 2.41 bits per heavy atom. The standard InChI is InChI=1S/C14H17N3O4S/c1-4-10-7-5-6-8-11(10)15-22(20,21)12-9-16(2)14(19)17(3)13(12)18/h5-9,15H,4H2,1-3H3. The molecule has 0 aliphatic rings. The molecule has 0 aliphatic heterocycles. The SMILES string of the molecule is CCc1ccccc1NS(=O)(=O)c1cn(C)c(=O)n(C)c1=O. The number of aryl methyl sites for hydroxylation is 2. The number of nitrogens with zero attached hydrogens (tertiary/aromatic N) is 2. The second-order valence-electron chi connectivity index (χ2n) is 4.87. The summed E-state index contributed by atoms with van der Waals surface area (Å²) in [6.07, 6.45) is 1.67. The highest BCUT2D eigenvalue weighted by Crippen LogP contribution is 2.18. The van der Waals surface area contributed by atoms with Gasteiger partial charge in [0.25, 0.3) is 15.6 Å². The lowest BCUT2D eigenvalue weighted by Gasteiger charge is -2.12. The molecule has 0 atom stereocenters. The Morgan fingerprint density at radius 2 is 1.77 bits per heavy atom. The van der Waals surface area contributed by atoms with Gasteiger partial charge in [0.1, 0.15) is 0 Å². The number of aromatic nitrogens is 2. The summed E-state index contributed by atoms with van der Waals surface area (Å²) < 4.78 is 29.2. The number of hydrogen-bond donors (Lipinski definition) is 1. The van der Waals surface area contributed by atoms with Crippen LogP contribution in [0.15, 0.2) is 44.9 Å². The predicted molar refractivity (Wildman–Crippen MR) is 83.6 cm³/mol. The fourth-order valence-electron chi connectivity index (χ4n) is 2.09. The van der Waals surface area contributed by atoms with Crippen LogP contribution >= 0.6 is 0 Å². The van der Waals surface area contributed by atoms with Gasteiger partial charge in [0.15, 0.2) is 4.90 Å². The highest BCUT2D eigenvalue weighted by Gasteiger charge is 2.22. The lowest BCUT2D eigenvalue weighted by Crippen LogP contribution is -2.40. The molecule has 0 radical (unpaired) electrons. The van der Waals surface area contributed by atoms with E-state index in [1.807, 2.05) is 13.0 Å². The number of anilines is 1. The van der Waals surface area contributed by atoms with Gasteiger partial charge in [-0.05, 0) is 18.1 Å². The molecule has 8 heteroatoms. The van der Waals surface area contributed by atoms with Crippen molar-refractivity contribution in [2.75, 3.05) is 4.72 Å². The Hall–Kier alpha value is -2.35. The Morgan fingerprint density at radius 1 is 1.14 bits per heavy atom. The first kappa shape index (κ1) is 16.0. The molecule has 22 heavy (non-hydrogen) atoms. The van der Waals surface area contributed by atoms with Gasteiger partial charge in [-0.15, -0.1) is 0 Å². The molecule has 7 nitrogen and oxygen atoms in total. The molecule has 1 N–H and O–H groups in total. The molecule has 1 heterocycles. The van der Waals surface area contributed by atoms with E-state index in [2.05, 4.69) is 4.72 Å². The third kappa shape index (κ3) is 2.82. The van der Waals surface area contributed by atoms with Crippen LogP contribution in [0, 0.1) is 0 Å². The molecule has 0 amide bonds. The topological polar surface area (TPSA) is 90.2 Å². The molecule has 0 bridgehead atoms. The van der Waals surface area contributed by atoms with Gasteiger partial charge in [0.2, 0.25) is 0 Å². The molecule has 0 saturated heterocycles. The predicted octanol–water partition coefficient (Wildman–Crippen LogP) is 0.447. The second kappa shape index (κ2) is 5.80. The minimum atomic E-state index is -4.08. The Labute approximate surface area is 127 Å². The van der Waals surface area contributed by atoms with E-state index in [1.54, 1.807) is 18.2 Å². The number of para-hydroxylation sites is 1. The number of hydrogen-bond acceptors (Lipinski definition) is 4. The molecule has 1 aromatic carbocycles. The summed E-state index contributed by atoms with van der Waals surface area (Å²) in [5, 5.41) is 0. The third-order valence-electron chi connectivity index (χ3n) is 3.35. The first-order valence-corrected chi connectivity index (χ1v) is 8.13. The largest absolute Gasteiger partial charge is 0.330 e. The van der Waals surface area contributed by atoms with Gasteiger partial charge in [-0.1, -0.05) is 25.1 Å². The summed E-state index contributed by atoms with van der Waals surface area (Å²) in [7, 11) is -1.45. The van der Waals surface area contributed by atoms with E-state index in [4.69, 9.17) is 0 Å². The van der Waals surface area contributed by atoms with Gasteiger partial charge in [0.05, 0.1) is 5.69 Å². The van der Waals surface area contributed by atoms with Crippen molar-refractivity contribution in [1.82, 2.24) is 9.13 Å². The molecule has 2 aromatic rings. The first-order valence-electron chi connectivity index (χ1n) is 6.65. The van der Waals surface area contributed by atoms with Crippen LogP contribution in [0.25, 0.3) is 0 Å². The normalized spacial score (nSPS) is 11.4. The van der Waals surface area contributed by atoms with Crippen LogP contribution < -0.4 is 16.0 Å². The van der Waals surface area contributed by atoms with Crippen LogP contribution in [-0.4, -0.2) is 17.6 Å². The average molecular weight is 323 g/mol. The van der Waals surface area contributed by atoms with Gasteiger partial charge in [-0.2, -0.15) is 0 Å². The highest BCUT2D eigenvalue weighted by atomic mass is 32.2. The van der Waals surface area contributed by atoms with Gasteiger partial charge in [-0.3, -0.25) is 14.1 Å². The number of nitrogens with one attached hydrogen (secondary N) is 1.